The first-order chi connectivity index (χ1) is 9.22. The molecule has 0 bridgehead atoms. The zero-order chi connectivity index (χ0) is 15.0. The molecular formula is C15H17F3O2. The van der Waals surface area contributed by atoms with E-state index in [9.17, 15) is 18.0 Å². The first-order valence-corrected chi connectivity index (χ1v) is 6.51. The topological polar surface area (TPSA) is 26.3 Å². The summed E-state index contributed by atoms with van der Waals surface area (Å²) in [5, 5.41) is 0. The summed E-state index contributed by atoms with van der Waals surface area (Å²) in [6.07, 6.45) is -3.67. The lowest BCUT2D eigenvalue weighted by Gasteiger charge is -2.23. The third kappa shape index (κ3) is 3.32. The van der Waals surface area contributed by atoms with Crippen LogP contribution in [0.1, 0.15) is 31.7 Å². The summed E-state index contributed by atoms with van der Waals surface area (Å²) in [5.41, 5.74) is 0.223. The first kappa shape index (κ1) is 14.9. The molecule has 5 heteroatoms. The first-order valence-electron chi connectivity index (χ1n) is 6.51. The molecule has 1 fully saturated rings. The Morgan fingerprint density at radius 1 is 1.25 bits per heavy atom. The van der Waals surface area contributed by atoms with E-state index in [1.807, 2.05) is 30.3 Å². The van der Waals surface area contributed by atoms with Crippen molar-refractivity contribution in [3.8, 4) is 0 Å². The fraction of sp³-hybridized carbons (Fsp3) is 0.533. The summed E-state index contributed by atoms with van der Waals surface area (Å²) in [5.74, 6) is -0.520. The van der Waals surface area contributed by atoms with Crippen LogP contribution in [0.4, 0.5) is 13.2 Å². The molecule has 0 heterocycles. The van der Waals surface area contributed by atoms with Gasteiger partial charge in [0.25, 0.3) is 0 Å². The van der Waals surface area contributed by atoms with Crippen molar-refractivity contribution in [2.75, 3.05) is 6.61 Å². The van der Waals surface area contributed by atoms with Crippen LogP contribution in [0.2, 0.25) is 0 Å². The van der Waals surface area contributed by atoms with Crippen LogP contribution in [0.25, 0.3) is 0 Å². The molecule has 1 saturated carbocycles. The van der Waals surface area contributed by atoms with Crippen molar-refractivity contribution >= 4 is 5.97 Å². The maximum atomic E-state index is 12.1. The van der Waals surface area contributed by atoms with E-state index in [4.69, 9.17) is 0 Å². The lowest BCUT2D eigenvalue weighted by atomic mass is 9.85. The van der Waals surface area contributed by atoms with E-state index in [1.165, 1.54) is 0 Å². The molecule has 2 nitrogen and oxygen atoms in total. The Bertz CT molecular complexity index is 480. The highest BCUT2D eigenvalue weighted by molar-refractivity contribution is 5.77. The van der Waals surface area contributed by atoms with Crippen molar-refractivity contribution < 1.29 is 22.7 Å². The average Bonchev–Trinajstić information content (AvgIpc) is 3.17. The van der Waals surface area contributed by atoms with E-state index >= 15 is 0 Å². The second-order valence-corrected chi connectivity index (χ2v) is 5.77. The van der Waals surface area contributed by atoms with E-state index in [0.717, 1.165) is 12.0 Å². The maximum Gasteiger partial charge on any atom is 0.422 e. The monoisotopic (exact) mass is 286 g/mol. The van der Waals surface area contributed by atoms with Crippen molar-refractivity contribution in [1.82, 2.24) is 0 Å². The van der Waals surface area contributed by atoms with Crippen LogP contribution in [-0.4, -0.2) is 18.8 Å². The predicted molar refractivity (Wildman–Crippen MR) is 68.1 cm³/mol. The van der Waals surface area contributed by atoms with Gasteiger partial charge in [-0.05, 0) is 37.7 Å². The summed E-state index contributed by atoms with van der Waals surface area (Å²) in [4.78, 5) is 11.8. The zero-order valence-corrected chi connectivity index (χ0v) is 11.4. The highest BCUT2D eigenvalue weighted by Crippen LogP contribution is 2.57. The van der Waals surface area contributed by atoms with Crippen LogP contribution in [0.3, 0.4) is 0 Å². The largest absolute Gasteiger partial charge is 0.456 e. The molecule has 1 aromatic carbocycles. The minimum Gasteiger partial charge on any atom is -0.456 e. The molecule has 0 N–H and O–H groups in total. The average molecular weight is 286 g/mol. The number of benzene rings is 1. The molecule has 2 unspecified atom stereocenters. The highest BCUT2D eigenvalue weighted by Gasteiger charge is 2.53. The Morgan fingerprint density at radius 3 is 2.40 bits per heavy atom. The van der Waals surface area contributed by atoms with Crippen molar-refractivity contribution in [3.05, 3.63) is 35.9 Å². The van der Waals surface area contributed by atoms with E-state index < -0.39 is 24.2 Å². The number of alkyl halides is 3. The minimum atomic E-state index is -4.48. The van der Waals surface area contributed by atoms with Gasteiger partial charge in [0.15, 0.2) is 6.61 Å². The summed E-state index contributed by atoms with van der Waals surface area (Å²) < 4.78 is 40.6. The van der Waals surface area contributed by atoms with E-state index in [-0.39, 0.29) is 11.8 Å². The molecule has 2 rings (SSSR count). The SMILES string of the molecule is CC(C)(C(=O)OCC(F)(F)F)C1CC1c1ccccc1. The van der Waals surface area contributed by atoms with Gasteiger partial charge in [-0.3, -0.25) is 4.79 Å². The summed E-state index contributed by atoms with van der Waals surface area (Å²) in [6, 6.07) is 9.69. The molecule has 20 heavy (non-hydrogen) atoms. The Morgan fingerprint density at radius 2 is 1.85 bits per heavy atom. The van der Waals surface area contributed by atoms with Gasteiger partial charge in [-0.1, -0.05) is 30.3 Å². The lowest BCUT2D eigenvalue weighted by molar-refractivity contribution is -0.193. The van der Waals surface area contributed by atoms with Gasteiger partial charge in [0.05, 0.1) is 5.41 Å². The Hall–Kier alpha value is -1.52. The van der Waals surface area contributed by atoms with Crippen molar-refractivity contribution in [2.24, 2.45) is 11.3 Å². The van der Waals surface area contributed by atoms with Crippen molar-refractivity contribution in [3.63, 3.8) is 0 Å². The second kappa shape index (κ2) is 5.11. The van der Waals surface area contributed by atoms with Crippen LogP contribution < -0.4 is 0 Å². The normalized spacial score (nSPS) is 22.4. The van der Waals surface area contributed by atoms with Crippen LogP contribution in [0.5, 0.6) is 0 Å². The third-order valence-corrected chi connectivity index (χ3v) is 3.84. The molecule has 1 aromatic rings. The predicted octanol–water partition coefficient (Wildman–Crippen LogP) is 3.92. The molecule has 0 saturated heterocycles. The second-order valence-electron chi connectivity index (χ2n) is 5.77. The van der Waals surface area contributed by atoms with Gasteiger partial charge >= 0.3 is 12.1 Å². The number of ether oxygens (including phenoxy) is 1. The molecule has 2 atom stereocenters. The fourth-order valence-electron chi connectivity index (χ4n) is 2.55. The number of hydrogen-bond acceptors (Lipinski definition) is 2. The van der Waals surface area contributed by atoms with Crippen LogP contribution in [0, 0.1) is 11.3 Å². The van der Waals surface area contributed by atoms with Gasteiger partial charge < -0.3 is 4.74 Å². The Kier molecular flexibility index (Phi) is 3.80. The number of halogens is 3. The number of carbonyl (C=O) groups is 1. The van der Waals surface area contributed by atoms with Gasteiger partial charge in [-0.15, -0.1) is 0 Å². The Balaban J connectivity index is 1.97. The summed E-state index contributed by atoms with van der Waals surface area (Å²) >= 11 is 0. The van der Waals surface area contributed by atoms with E-state index in [2.05, 4.69) is 4.74 Å². The minimum absolute atomic E-state index is 0.0330. The quantitative estimate of drug-likeness (QED) is 0.784. The molecule has 1 aliphatic rings. The number of esters is 1. The standard InChI is InChI=1S/C15H17F3O2/c1-14(2,13(19)20-9-15(16,17)18)12-8-11(12)10-6-4-3-5-7-10/h3-7,11-12H,8-9H2,1-2H3. The number of rotatable bonds is 4. The fourth-order valence-corrected chi connectivity index (χ4v) is 2.55. The summed E-state index contributed by atoms with van der Waals surface area (Å²) in [6.45, 7) is 1.79. The molecule has 1 aliphatic carbocycles. The van der Waals surface area contributed by atoms with Crippen LogP contribution in [0.15, 0.2) is 30.3 Å². The molecule has 0 radical (unpaired) electrons. The van der Waals surface area contributed by atoms with Crippen molar-refractivity contribution in [2.45, 2.75) is 32.4 Å². The molecule has 0 aromatic heterocycles. The molecule has 110 valence electrons. The molecular weight excluding hydrogens is 269 g/mol. The van der Waals surface area contributed by atoms with Gasteiger partial charge in [0.1, 0.15) is 0 Å². The van der Waals surface area contributed by atoms with Crippen LogP contribution in [-0.2, 0) is 9.53 Å². The lowest BCUT2D eigenvalue weighted by Crippen LogP contribution is -2.32. The smallest absolute Gasteiger partial charge is 0.422 e. The van der Waals surface area contributed by atoms with Gasteiger partial charge in [0.2, 0.25) is 0 Å². The number of hydrogen-bond donors (Lipinski definition) is 0. The summed E-state index contributed by atoms with van der Waals surface area (Å²) in [7, 11) is 0. The zero-order valence-electron chi connectivity index (χ0n) is 11.4. The molecule has 0 aliphatic heterocycles. The third-order valence-electron chi connectivity index (χ3n) is 3.84. The van der Waals surface area contributed by atoms with Crippen molar-refractivity contribution in [1.29, 1.82) is 0 Å². The van der Waals surface area contributed by atoms with E-state index in [0.29, 0.717) is 0 Å². The van der Waals surface area contributed by atoms with Gasteiger partial charge in [-0.2, -0.15) is 13.2 Å². The number of carbonyl (C=O) groups excluding carboxylic acids is 1. The van der Waals surface area contributed by atoms with Gasteiger partial charge in [0, 0.05) is 0 Å². The highest BCUT2D eigenvalue weighted by atomic mass is 19.4. The Labute approximate surface area is 115 Å². The van der Waals surface area contributed by atoms with Crippen LogP contribution >= 0.6 is 0 Å². The van der Waals surface area contributed by atoms with E-state index in [1.54, 1.807) is 13.8 Å². The maximum absolute atomic E-state index is 12.1. The van der Waals surface area contributed by atoms with Gasteiger partial charge in [-0.25, -0.2) is 0 Å². The molecule has 0 amide bonds. The molecule has 0 spiro atoms.